The minimum atomic E-state index is -0.0924. The zero-order valence-corrected chi connectivity index (χ0v) is 31.7. The van der Waals surface area contributed by atoms with E-state index in [1.165, 1.54) is 38.9 Å². The summed E-state index contributed by atoms with van der Waals surface area (Å²) in [5, 5.41) is 0. The summed E-state index contributed by atoms with van der Waals surface area (Å²) in [5.41, 5.74) is 18.9. The topological polar surface area (TPSA) is 34.0 Å². The Morgan fingerprint density at radius 2 is 1.29 bits per heavy atom. The largest absolute Gasteiger partial charge is 0.315 e. The zero-order valence-electron chi connectivity index (χ0n) is 31.7. The summed E-state index contributed by atoms with van der Waals surface area (Å²) in [5.74, 6) is 1.24. The SMILES string of the molecule is CC1C=CC=C2c3ncccc3-c3cccc4nc(-c5cccc(-c6cccc(N(c7ccccc7)c7ccc8c(c7)C(C)(C)c7ccccc7-8)c6)c5)n(c34)C21. The van der Waals surface area contributed by atoms with E-state index in [9.17, 15) is 0 Å². The maximum Gasteiger partial charge on any atom is 0.141 e. The number of anilines is 3. The molecule has 11 rings (SSSR count). The fraction of sp³-hybridized carbons (Fsp3) is 0.115. The Morgan fingerprint density at radius 3 is 2.18 bits per heavy atom. The summed E-state index contributed by atoms with van der Waals surface area (Å²) >= 11 is 0. The number of aromatic nitrogens is 3. The molecule has 0 saturated carbocycles. The highest BCUT2D eigenvalue weighted by Gasteiger charge is 2.37. The third-order valence-corrected chi connectivity index (χ3v) is 12.3. The van der Waals surface area contributed by atoms with Crippen molar-refractivity contribution in [3.8, 4) is 44.8 Å². The first-order chi connectivity index (χ1) is 27.5. The van der Waals surface area contributed by atoms with Crippen molar-refractivity contribution in [1.29, 1.82) is 0 Å². The first-order valence-corrected chi connectivity index (χ1v) is 19.6. The van der Waals surface area contributed by atoms with Crippen LogP contribution in [0.1, 0.15) is 43.6 Å². The Kier molecular flexibility index (Phi) is 7.21. The number of nitrogens with zero attached hydrogens (tertiary/aromatic N) is 4. The summed E-state index contributed by atoms with van der Waals surface area (Å²) in [6.07, 6.45) is 8.66. The second-order valence-electron chi connectivity index (χ2n) is 15.9. The van der Waals surface area contributed by atoms with Crippen molar-refractivity contribution in [1.82, 2.24) is 14.5 Å². The lowest BCUT2D eigenvalue weighted by Gasteiger charge is -2.29. The van der Waals surface area contributed by atoms with Gasteiger partial charge in [-0.05, 0) is 93.9 Å². The molecule has 1 aliphatic heterocycles. The summed E-state index contributed by atoms with van der Waals surface area (Å²) in [7, 11) is 0. The monoisotopic (exact) mass is 720 g/mol. The minimum absolute atomic E-state index is 0.0637. The van der Waals surface area contributed by atoms with Crippen LogP contribution in [0.25, 0.3) is 61.4 Å². The van der Waals surface area contributed by atoms with Crippen LogP contribution < -0.4 is 4.90 Å². The van der Waals surface area contributed by atoms with Gasteiger partial charge in [0, 0.05) is 50.9 Å². The van der Waals surface area contributed by atoms with Gasteiger partial charge >= 0.3 is 0 Å². The summed E-state index contributed by atoms with van der Waals surface area (Å²) in [4.78, 5) is 12.7. The van der Waals surface area contributed by atoms with Crippen LogP contribution in [0.2, 0.25) is 0 Å². The lowest BCUT2D eigenvalue weighted by Crippen LogP contribution is -2.20. The molecule has 268 valence electrons. The van der Waals surface area contributed by atoms with Gasteiger partial charge in [0.2, 0.25) is 0 Å². The van der Waals surface area contributed by atoms with Crippen LogP contribution in [0.4, 0.5) is 17.1 Å². The highest BCUT2D eigenvalue weighted by atomic mass is 15.1. The number of imidazole rings is 1. The maximum atomic E-state index is 5.39. The predicted molar refractivity (Wildman–Crippen MR) is 231 cm³/mol. The Balaban J connectivity index is 1.04. The molecule has 2 aromatic heterocycles. The van der Waals surface area contributed by atoms with Crippen molar-refractivity contribution < 1.29 is 0 Å². The summed E-state index contributed by atoms with van der Waals surface area (Å²) in [6.45, 7) is 7.00. The fourth-order valence-corrected chi connectivity index (χ4v) is 9.63. The van der Waals surface area contributed by atoms with Crippen LogP contribution >= 0.6 is 0 Å². The minimum Gasteiger partial charge on any atom is -0.315 e. The number of hydrogen-bond donors (Lipinski definition) is 0. The van der Waals surface area contributed by atoms with Gasteiger partial charge in [0.15, 0.2) is 0 Å². The van der Waals surface area contributed by atoms with Gasteiger partial charge < -0.3 is 9.47 Å². The number of benzene rings is 6. The molecule has 4 nitrogen and oxygen atoms in total. The number of pyridine rings is 1. The van der Waals surface area contributed by atoms with Crippen LogP contribution in [-0.2, 0) is 5.41 Å². The average molecular weight is 721 g/mol. The van der Waals surface area contributed by atoms with Crippen LogP contribution in [-0.4, -0.2) is 14.5 Å². The van der Waals surface area contributed by atoms with E-state index in [1.807, 2.05) is 12.3 Å². The smallest absolute Gasteiger partial charge is 0.141 e. The van der Waals surface area contributed by atoms with Gasteiger partial charge in [0.1, 0.15) is 5.82 Å². The van der Waals surface area contributed by atoms with Crippen molar-refractivity contribution in [3.05, 3.63) is 193 Å². The van der Waals surface area contributed by atoms with Crippen molar-refractivity contribution in [3.63, 3.8) is 0 Å². The quantitative estimate of drug-likeness (QED) is 0.177. The van der Waals surface area contributed by atoms with Crippen molar-refractivity contribution >= 4 is 33.7 Å². The molecule has 0 radical (unpaired) electrons. The van der Waals surface area contributed by atoms with Crippen LogP contribution in [0.3, 0.4) is 0 Å². The van der Waals surface area contributed by atoms with Crippen molar-refractivity contribution in [2.75, 3.05) is 4.90 Å². The van der Waals surface area contributed by atoms with Crippen LogP contribution in [0.5, 0.6) is 0 Å². The molecule has 0 amide bonds. The molecular formula is C52H40N4. The van der Waals surface area contributed by atoms with E-state index in [0.717, 1.165) is 56.4 Å². The molecule has 56 heavy (non-hydrogen) atoms. The normalized spacial score (nSPS) is 17.0. The lowest BCUT2D eigenvalue weighted by atomic mass is 9.82. The number of rotatable bonds is 5. The molecule has 6 aromatic carbocycles. The molecule has 0 fully saturated rings. The van der Waals surface area contributed by atoms with Crippen LogP contribution in [0.15, 0.2) is 176 Å². The van der Waals surface area contributed by atoms with Gasteiger partial charge in [-0.25, -0.2) is 4.98 Å². The van der Waals surface area contributed by atoms with Gasteiger partial charge in [0.25, 0.3) is 0 Å². The molecule has 0 bridgehead atoms. The standard InChI is InChI=1S/C52H40N4/c1-33-14-9-23-44-48-42(24-13-29-53-48)43-22-12-26-47-50(43)56(49(33)44)51(54-47)36-17-10-15-34(30-36)35-16-11-20-38(31-35)55(37-18-5-4-6-19-37)39-27-28-41-40-21-7-8-25-45(40)52(2,3)46(41)32-39/h4-33,49H,1-3H3. The molecule has 2 unspecified atom stereocenters. The summed E-state index contributed by atoms with van der Waals surface area (Å²) < 4.78 is 2.49. The van der Waals surface area contributed by atoms with E-state index in [1.54, 1.807) is 0 Å². The molecule has 3 aliphatic rings. The van der Waals surface area contributed by atoms with Crippen molar-refractivity contribution in [2.24, 2.45) is 5.92 Å². The third kappa shape index (κ3) is 4.85. The van der Waals surface area contributed by atoms with Gasteiger partial charge in [0.05, 0.1) is 22.8 Å². The molecule has 2 aliphatic carbocycles. The first-order valence-electron chi connectivity index (χ1n) is 19.6. The lowest BCUT2D eigenvalue weighted by molar-refractivity contribution is 0.515. The number of para-hydroxylation sites is 2. The zero-order chi connectivity index (χ0) is 37.5. The van der Waals surface area contributed by atoms with Gasteiger partial charge in [-0.3, -0.25) is 4.98 Å². The Hall–Kier alpha value is -6.78. The fourth-order valence-electron chi connectivity index (χ4n) is 9.63. The van der Waals surface area contributed by atoms with Crippen molar-refractivity contribution in [2.45, 2.75) is 32.2 Å². The molecule has 0 saturated heterocycles. The molecule has 3 heterocycles. The van der Waals surface area contributed by atoms with Gasteiger partial charge in [-0.2, -0.15) is 0 Å². The van der Waals surface area contributed by atoms with Gasteiger partial charge in [-0.15, -0.1) is 0 Å². The number of allylic oxidation sites excluding steroid dienone is 4. The average Bonchev–Trinajstić information content (AvgIpc) is 3.69. The highest BCUT2D eigenvalue weighted by molar-refractivity contribution is 6.00. The summed E-state index contributed by atoms with van der Waals surface area (Å²) in [6, 6.07) is 55.2. The Bertz CT molecular complexity index is 2930. The second kappa shape index (κ2) is 12.4. The Labute approximate surface area is 327 Å². The number of fused-ring (bicyclic) bond motifs is 8. The third-order valence-electron chi connectivity index (χ3n) is 12.3. The second-order valence-corrected chi connectivity index (χ2v) is 15.9. The van der Waals surface area contributed by atoms with E-state index in [2.05, 4.69) is 194 Å². The molecule has 2 atom stereocenters. The van der Waals surface area contributed by atoms with E-state index in [0.29, 0.717) is 0 Å². The molecular weight excluding hydrogens is 681 g/mol. The van der Waals surface area contributed by atoms with Gasteiger partial charge in [-0.1, -0.05) is 136 Å². The van der Waals surface area contributed by atoms with E-state index in [4.69, 9.17) is 9.97 Å². The van der Waals surface area contributed by atoms with Crippen LogP contribution in [0, 0.1) is 5.92 Å². The van der Waals surface area contributed by atoms with E-state index >= 15 is 0 Å². The number of hydrogen-bond acceptors (Lipinski definition) is 3. The molecule has 0 spiro atoms. The van der Waals surface area contributed by atoms with E-state index in [-0.39, 0.29) is 17.4 Å². The van der Waals surface area contributed by atoms with E-state index < -0.39 is 0 Å². The molecule has 4 heteroatoms. The predicted octanol–water partition coefficient (Wildman–Crippen LogP) is 13.4. The molecule has 0 N–H and O–H groups in total. The molecule has 8 aromatic rings. The first kappa shape index (κ1) is 32.6. The maximum absolute atomic E-state index is 5.39. The highest BCUT2D eigenvalue weighted by Crippen LogP contribution is 2.52. The Morgan fingerprint density at radius 1 is 0.589 bits per heavy atom.